The van der Waals surface area contributed by atoms with Gasteiger partial charge in [0.15, 0.2) is 0 Å². The summed E-state index contributed by atoms with van der Waals surface area (Å²) in [5.41, 5.74) is -3.25. The van der Waals surface area contributed by atoms with E-state index >= 15 is 0 Å². The number of carbonyl (C=O) groups is 6. The molecule has 0 saturated heterocycles. The highest BCUT2D eigenvalue weighted by atomic mass is 16.6. The second-order valence-corrected chi connectivity index (χ2v) is 38.6. The molecule has 0 aromatic rings. The van der Waals surface area contributed by atoms with E-state index in [-0.39, 0.29) is 113 Å². The second-order valence-electron chi connectivity index (χ2n) is 38.6. The maximum atomic E-state index is 12.5. The standard InChI is InChI=1S/C17H32O2.C16H30O2.C15H28O2.2C14H26O2.C13H24O2/c1-7-15(3,4)14(18)19-17(16(5,6)8-2)12-10-9-11-13-17;1-7-15(5,6)13(17)18-16(14(2,3)4)11-9-8-10-12-16;1-6-14(4,5)13(16)17-15(12(2)3)10-8-7-9-11-15;1-5-13(2,3)12(15)16-14(4)10-8-6-7-9-11-14;1-5-13(3,4)12(15)16-14(6-2)10-8-7-9-11-14;1-5-12(2,3)11(14)15-13(4)9-7-6-8-10-13/h7-13H2,1-6H3;7-12H2,1-6H3;12H,6-11H2,1-5H3;2*5-11H2,1-4H3;5-10H2,1-4H3. The molecule has 0 heterocycles. The molecule has 6 fully saturated rings. The first-order chi connectivity index (χ1) is 46.4. The number of esters is 6. The SMILES string of the molecule is CCC(C)(C)C(=O)OC1(C(C)(C)C)CCCCC1.CCC(C)(C)C(=O)OC1(C(C)(C)CC)CCCCC1.CCC(C)(C)C(=O)OC1(C(C)C)CCCCC1.CCC(C)(C)C(=O)OC1(C)CCCCC1.CCC(C)(C)C(=O)OC1(C)CCCCCC1.CCC1(OC(=O)C(C)(C)CC)CCCCC1. The van der Waals surface area contributed by atoms with Crippen molar-refractivity contribution in [2.75, 3.05) is 0 Å². The maximum absolute atomic E-state index is 12.5. The molecule has 0 unspecified atom stereocenters. The van der Waals surface area contributed by atoms with Crippen LogP contribution in [0.1, 0.15) is 451 Å². The number of carbonyl (C=O) groups excluding carboxylic acids is 6. The zero-order valence-corrected chi connectivity index (χ0v) is 72.1. The highest BCUT2D eigenvalue weighted by molar-refractivity contribution is 5.78. The molecule has 12 nitrogen and oxygen atoms in total. The monoisotopic (exact) mass is 1430 g/mol. The van der Waals surface area contributed by atoms with E-state index in [1.165, 1.54) is 122 Å². The van der Waals surface area contributed by atoms with Gasteiger partial charge in [0.25, 0.3) is 0 Å². The first-order valence-electron chi connectivity index (χ1n) is 41.8. The zero-order chi connectivity index (χ0) is 77.9. The van der Waals surface area contributed by atoms with Gasteiger partial charge in [0.05, 0.1) is 32.5 Å². The Morgan fingerprint density at radius 3 is 0.772 bits per heavy atom. The van der Waals surface area contributed by atoms with Crippen LogP contribution in [0.15, 0.2) is 0 Å². The summed E-state index contributed by atoms with van der Waals surface area (Å²) in [5, 5.41) is 0. The Morgan fingerprint density at radius 1 is 0.277 bits per heavy atom. The first-order valence-corrected chi connectivity index (χ1v) is 41.8. The summed E-state index contributed by atoms with van der Waals surface area (Å²) >= 11 is 0. The fraction of sp³-hybridized carbons (Fsp3) is 0.933. The lowest BCUT2D eigenvalue weighted by atomic mass is 9.65. The van der Waals surface area contributed by atoms with E-state index in [2.05, 4.69) is 83.1 Å². The molecule has 594 valence electrons. The lowest BCUT2D eigenvalue weighted by molar-refractivity contribution is -0.192. The van der Waals surface area contributed by atoms with Gasteiger partial charge in [-0.1, -0.05) is 149 Å². The summed E-state index contributed by atoms with van der Waals surface area (Å²) < 4.78 is 35.5. The van der Waals surface area contributed by atoms with Crippen molar-refractivity contribution in [1.82, 2.24) is 0 Å². The van der Waals surface area contributed by atoms with Gasteiger partial charge >= 0.3 is 35.8 Å². The lowest BCUT2D eigenvalue weighted by Gasteiger charge is -2.49. The highest BCUT2D eigenvalue weighted by Gasteiger charge is 2.51. The topological polar surface area (TPSA) is 158 Å². The van der Waals surface area contributed by atoms with Crippen LogP contribution >= 0.6 is 0 Å². The Kier molecular flexibility index (Phi) is 39.1. The van der Waals surface area contributed by atoms with Gasteiger partial charge in [-0.15, -0.1) is 0 Å². The smallest absolute Gasteiger partial charge is 0.312 e. The van der Waals surface area contributed by atoms with Crippen LogP contribution in [-0.4, -0.2) is 69.4 Å². The molecular weight excluding hydrogens is 1260 g/mol. The molecular formula is C89H166O12. The molecule has 6 saturated carbocycles. The predicted molar refractivity (Wildman–Crippen MR) is 421 cm³/mol. The van der Waals surface area contributed by atoms with Crippen LogP contribution in [0.2, 0.25) is 0 Å². The van der Waals surface area contributed by atoms with Gasteiger partial charge < -0.3 is 28.4 Å². The highest BCUT2D eigenvalue weighted by Crippen LogP contribution is 2.50. The fourth-order valence-corrected chi connectivity index (χ4v) is 14.0. The van der Waals surface area contributed by atoms with Gasteiger partial charge in [-0.2, -0.15) is 0 Å². The third kappa shape index (κ3) is 29.5. The van der Waals surface area contributed by atoms with E-state index in [9.17, 15) is 28.8 Å². The Morgan fingerprint density at radius 2 is 0.505 bits per heavy atom. The minimum absolute atomic E-state index is 0.0150. The molecule has 0 radical (unpaired) electrons. The molecule has 101 heavy (non-hydrogen) atoms. The average Bonchev–Trinajstić information content (AvgIpc) is 0.957. The Hall–Kier alpha value is -3.18. The van der Waals surface area contributed by atoms with Gasteiger partial charge in [-0.3, -0.25) is 28.8 Å². The Bertz CT molecular complexity index is 2420. The van der Waals surface area contributed by atoms with Crippen LogP contribution in [0.4, 0.5) is 0 Å². The van der Waals surface area contributed by atoms with E-state index < -0.39 is 0 Å². The Balaban J connectivity index is 0.000000607. The molecule has 0 bridgehead atoms. The quantitative estimate of drug-likeness (QED) is 0.0575. The number of rotatable bonds is 22. The molecule has 6 rings (SSSR count). The maximum Gasteiger partial charge on any atom is 0.312 e. The summed E-state index contributed by atoms with van der Waals surface area (Å²) in [7, 11) is 0. The molecule has 0 N–H and O–H groups in total. The van der Waals surface area contributed by atoms with E-state index in [1.54, 1.807) is 0 Å². The van der Waals surface area contributed by atoms with Crippen LogP contribution in [0.25, 0.3) is 0 Å². The van der Waals surface area contributed by atoms with Gasteiger partial charge in [0, 0.05) is 10.8 Å². The van der Waals surface area contributed by atoms with E-state index in [0.717, 1.165) is 128 Å². The van der Waals surface area contributed by atoms with Crippen molar-refractivity contribution in [3.05, 3.63) is 0 Å². The van der Waals surface area contributed by atoms with E-state index in [1.807, 2.05) is 118 Å². The summed E-state index contributed by atoms with van der Waals surface area (Å²) in [6.07, 6.45) is 42.6. The van der Waals surface area contributed by atoms with Gasteiger partial charge in [-0.05, 0) is 308 Å². The molecule has 6 aliphatic rings. The first kappa shape index (κ1) is 95.8. The fourth-order valence-electron chi connectivity index (χ4n) is 14.0. The number of ether oxygens (including phenoxy) is 6. The Labute approximate surface area is 623 Å². The van der Waals surface area contributed by atoms with Crippen molar-refractivity contribution in [1.29, 1.82) is 0 Å². The van der Waals surface area contributed by atoms with E-state index in [4.69, 9.17) is 28.4 Å². The summed E-state index contributed by atoms with van der Waals surface area (Å²) in [4.78, 5) is 73.3. The van der Waals surface area contributed by atoms with Crippen LogP contribution in [0, 0.1) is 49.2 Å². The molecule has 0 spiro atoms. The minimum atomic E-state index is -0.367. The van der Waals surface area contributed by atoms with Crippen LogP contribution in [-0.2, 0) is 57.2 Å². The van der Waals surface area contributed by atoms with Crippen molar-refractivity contribution in [2.24, 2.45) is 49.2 Å². The molecule has 12 heteroatoms. The van der Waals surface area contributed by atoms with Crippen LogP contribution in [0.3, 0.4) is 0 Å². The minimum Gasteiger partial charge on any atom is -0.459 e. The van der Waals surface area contributed by atoms with Crippen LogP contribution < -0.4 is 0 Å². The van der Waals surface area contributed by atoms with Crippen LogP contribution in [0.5, 0.6) is 0 Å². The van der Waals surface area contributed by atoms with Crippen molar-refractivity contribution < 1.29 is 57.2 Å². The van der Waals surface area contributed by atoms with Crippen molar-refractivity contribution in [2.45, 2.75) is 485 Å². The zero-order valence-electron chi connectivity index (χ0n) is 72.1. The molecule has 0 atom stereocenters. The molecule has 0 amide bonds. The van der Waals surface area contributed by atoms with Gasteiger partial charge in [0.1, 0.15) is 33.6 Å². The second kappa shape index (κ2) is 41.2. The number of hydrogen-bond donors (Lipinski definition) is 0. The third-order valence-electron chi connectivity index (χ3n) is 26.5. The van der Waals surface area contributed by atoms with E-state index in [0.29, 0.717) is 5.92 Å². The van der Waals surface area contributed by atoms with Crippen molar-refractivity contribution in [3.8, 4) is 0 Å². The average molecular weight is 1430 g/mol. The molecule has 0 aliphatic heterocycles. The third-order valence-corrected chi connectivity index (χ3v) is 26.5. The summed E-state index contributed by atoms with van der Waals surface area (Å²) in [5.74, 6) is 0.280. The summed E-state index contributed by atoms with van der Waals surface area (Å²) in [6, 6.07) is 0. The summed E-state index contributed by atoms with van der Waals surface area (Å²) in [6.45, 7) is 59.9. The predicted octanol–water partition coefficient (Wildman–Crippen LogP) is 26.0. The largest absolute Gasteiger partial charge is 0.459 e. The van der Waals surface area contributed by atoms with Gasteiger partial charge in [-0.25, -0.2) is 0 Å². The van der Waals surface area contributed by atoms with Crippen molar-refractivity contribution in [3.63, 3.8) is 0 Å². The lowest BCUT2D eigenvalue weighted by Crippen LogP contribution is -2.51. The van der Waals surface area contributed by atoms with Gasteiger partial charge in [0.2, 0.25) is 0 Å². The normalized spacial score (nSPS) is 20.6. The molecule has 0 aromatic heterocycles. The molecule has 6 aliphatic carbocycles. The van der Waals surface area contributed by atoms with Crippen molar-refractivity contribution >= 4 is 35.8 Å². The molecule has 0 aromatic carbocycles. The number of hydrogen-bond acceptors (Lipinski definition) is 12.